The number of benzene rings is 8. The molecule has 53 heavy (non-hydrogen) atoms. The molecule has 0 atom stereocenters. The molecule has 0 N–H and O–H groups in total. The van der Waals surface area contributed by atoms with Crippen LogP contribution in [0.25, 0.3) is 98.2 Å². The van der Waals surface area contributed by atoms with Crippen molar-refractivity contribution in [2.24, 2.45) is 0 Å². The second-order valence-electron chi connectivity index (χ2n) is 13.4. The van der Waals surface area contributed by atoms with Crippen molar-refractivity contribution in [1.29, 1.82) is 0 Å². The van der Waals surface area contributed by atoms with Gasteiger partial charge in [-0.15, -0.1) is 11.3 Å². The molecule has 10 aromatic rings. The zero-order chi connectivity index (χ0) is 35.1. The van der Waals surface area contributed by atoms with E-state index in [1.807, 2.05) is 29.5 Å². The van der Waals surface area contributed by atoms with E-state index < -0.39 is 0 Å². The highest BCUT2D eigenvalue weighted by atomic mass is 32.1. The Morgan fingerprint density at radius 2 is 0.849 bits per heavy atom. The average Bonchev–Trinajstić information content (AvgIpc) is 3.64. The Kier molecular flexibility index (Phi) is 7.71. The standard InChI is InChI=1S/C50H32N2S/c1-4-14-33(15-5-1)35-24-26-36(27-25-35)45-32-46(52-50(51-45)37-18-8-3-9-19-37)41-29-39(34-16-6-2-7-17-34)28-40(30-41)44-31-38-20-10-11-21-42(38)49-48(44)43-22-12-13-23-47(43)53-49/h1-32H. The van der Waals surface area contributed by atoms with Crippen molar-refractivity contribution in [3.05, 3.63) is 194 Å². The molecule has 0 radical (unpaired) electrons. The van der Waals surface area contributed by atoms with Crippen LogP contribution in [0.2, 0.25) is 0 Å². The highest BCUT2D eigenvalue weighted by molar-refractivity contribution is 7.26. The summed E-state index contributed by atoms with van der Waals surface area (Å²) in [6, 6.07) is 69.2. The Balaban J connectivity index is 1.21. The summed E-state index contributed by atoms with van der Waals surface area (Å²) in [6.45, 7) is 0. The quantitative estimate of drug-likeness (QED) is 0.173. The van der Waals surface area contributed by atoms with Gasteiger partial charge in [0.05, 0.1) is 11.4 Å². The first-order chi connectivity index (χ1) is 26.2. The predicted molar refractivity (Wildman–Crippen MR) is 225 cm³/mol. The minimum absolute atomic E-state index is 0.703. The Labute approximate surface area is 312 Å². The van der Waals surface area contributed by atoms with E-state index >= 15 is 0 Å². The predicted octanol–water partition coefficient (Wildman–Crippen LogP) is 14.0. The minimum atomic E-state index is 0.703. The number of thiophene rings is 1. The van der Waals surface area contributed by atoms with Crippen molar-refractivity contribution < 1.29 is 0 Å². The fourth-order valence-corrected chi connectivity index (χ4v) is 8.70. The summed E-state index contributed by atoms with van der Waals surface area (Å²) in [6.07, 6.45) is 0. The van der Waals surface area contributed by atoms with Gasteiger partial charge in [-0.05, 0) is 80.6 Å². The van der Waals surface area contributed by atoms with E-state index in [2.05, 4.69) is 176 Å². The van der Waals surface area contributed by atoms with Crippen molar-refractivity contribution in [2.75, 3.05) is 0 Å². The molecule has 248 valence electrons. The fourth-order valence-electron chi connectivity index (χ4n) is 7.44. The van der Waals surface area contributed by atoms with Crippen LogP contribution in [-0.4, -0.2) is 9.97 Å². The lowest BCUT2D eigenvalue weighted by atomic mass is 9.91. The molecular formula is C50H32N2S. The zero-order valence-corrected chi connectivity index (χ0v) is 29.6. The maximum atomic E-state index is 5.28. The number of fused-ring (bicyclic) bond motifs is 5. The molecule has 2 nitrogen and oxygen atoms in total. The van der Waals surface area contributed by atoms with Crippen LogP contribution >= 0.6 is 11.3 Å². The van der Waals surface area contributed by atoms with Gasteiger partial charge in [-0.3, -0.25) is 0 Å². The van der Waals surface area contributed by atoms with E-state index in [1.54, 1.807) is 0 Å². The first-order valence-corrected chi connectivity index (χ1v) is 18.7. The van der Waals surface area contributed by atoms with Crippen LogP contribution in [0, 0.1) is 0 Å². The van der Waals surface area contributed by atoms with Crippen LogP contribution in [0.5, 0.6) is 0 Å². The molecule has 0 unspecified atom stereocenters. The second kappa shape index (κ2) is 13.1. The summed E-state index contributed by atoms with van der Waals surface area (Å²) in [5.41, 5.74) is 11.9. The monoisotopic (exact) mass is 692 g/mol. The van der Waals surface area contributed by atoms with Gasteiger partial charge >= 0.3 is 0 Å². The summed E-state index contributed by atoms with van der Waals surface area (Å²) in [7, 11) is 0. The molecule has 2 heterocycles. The van der Waals surface area contributed by atoms with Gasteiger partial charge in [-0.2, -0.15) is 0 Å². The van der Waals surface area contributed by atoms with E-state index in [9.17, 15) is 0 Å². The van der Waals surface area contributed by atoms with E-state index in [0.29, 0.717) is 5.82 Å². The maximum Gasteiger partial charge on any atom is 0.160 e. The maximum absolute atomic E-state index is 5.28. The molecule has 10 rings (SSSR count). The van der Waals surface area contributed by atoms with Crippen molar-refractivity contribution in [3.63, 3.8) is 0 Å². The smallest absolute Gasteiger partial charge is 0.160 e. The lowest BCUT2D eigenvalue weighted by molar-refractivity contribution is 1.18. The minimum Gasteiger partial charge on any atom is -0.228 e. The average molecular weight is 693 g/mol. The lowest BCUT2D eigenvalue weighted by Gasteiger charge is -2.15. The topological polar surface area (TPSA) is 25.8 Å². The molecule has 0 fully saturated rings. The van der Waals surface area contributed by atoms with Crippen LogP contribution in [0.3, 0.4) is 0 Å². The van der Waals surface area contributed by atoms with Crippen molar-refractivity contribution >= 4 is 42.3 Å². The first kappa shape index (κ1) is 31.1. The van der Waals surface area contributed by atoms with Gasteiger partial charge in [0.15, 0.2) is 5.82 Å². The molecule has 0 saturated heterocycles. The fraction of sp³-hybridized carbons (Fsp3) is 0. The van der Waals surface area contributed by atoms with Crippen LogP contribution in [0.15, 0.2) is 194 Å². The summed E-state index contributed by atoms with van der Waals surface area (Å²) in [4.78, 5) is 10.4. The molecule has 0 bridgehead atoms. The Hall–Kier alpha value is -6.68. The lowest BCUT2D eigenvalue weighted by Crippen LogP contribution is -1.96. The van der Waals surface area contributed by atoms with Crippen molar-refractivity contribution in [3.8, 4) is 67.3 Å². The van der Waals surface area contributed by atoms with Gasteiger partial charge in [-0.1, -0.05) is 158 Å². The number of rotatable bonds is 6. The molecule has 8 aromatic carbocycles. The number of hydrogen-bond acceptors (Lipinski definition) is 3. The molecule has 0 aliphatic rings. The Morgan fingerprint density at radius 1 is 0.340 bits per heavy atom. The van der Waals surface area contributed by atoms with E-state index in [1.165, 1.54) is 47.6 Å². The third kappa shape index (κ3) is 5.78. The van der Waals surface area contributed by atoms with Crippen LogP contribution < -0.4 is 0 Å². The van der Waals surface area contributed by atoms with Gasteiger partial charge in [-0.25, -0.2) is 9.97 Å². The van der Waals surface area contributed by atoms with Crippen LogP contribution in [0.4, 0.5) is 0 Å². The normalized spacial score (nSPS) is 11.4. The third-order valence-corrected chi connectivity index (χ3v) is 11.3. The molecule has 0 amide bonds. The molecule has 0 saturated carbocycles. The number of aromatic nitrogens is 2. The van der Waals surface area contributed by atoms with Crippen molar-refractivity contribution in [2.45, 2.75) is 0 Å². The van der Waals surface area contributed by atoms with E-state index in [-0.39, 0.29) is 0 Å². The SMILES string of the molecule is c1ccc(-c2ccc(-c3cc(-c4cc(-c5ccccc5)cc(-c5cc6ccccc6c6sc7ccccc7c56)c4)nc(-c4ccccc4)n3)cc2)cc1. The zero-order valence-electron chi connectivity index (χ0n) is 28.8. The largest absolute Gasteiger partial charge is 0.228 e. The van der Waals surface area contributed by atoms with Gasteiger partial charge < -0.3 is 0 Å². The Morgan fingerprint density at radius 3 is 1.57 bits per heavy atom. The second-order valence-corrected chi connectivity index (χ2v) is 14.4. The third-order valence-electron chi connectivity index (χ3n) is 10.1. The summed E-state index contributed by atoms with van der Waals surface area (Å²) in [5.74, 6) is 0.703. The Bertz CT molecular complexity index is 2910. The van der Waals surface area contributed by atoms with Crippen LogP contribution in [0.1, 0.15) is 0 Å². The first-order valence-electron chi connectivity index (χ1n) is 17.9. The highest BCUT2D eigenvalue weighted by Gasteiger charge is 2.18. The van der Waals surface area contributed by atoms with Gasteiger partial charge in [0.1, 0.15) is 0 Å². The van der Waals surface area contributed by atoms with Gasteiger partial charge in [0, 0.05) is 36.9 Å². The highest BCUT2D eigenvalue weighted by Crippen LogP contribution is 2.45. The number of hydrogen-bond donors (Lipinski definition) is 0. The van der Waals surface area contributed by atoms with Gasteiger partial charge in [0.2, 0.25) is 0 Å². The number of nitrogens with zero attached hydrogens (tertiary/aromatic N) is 2. The van der Waals surface area contributed by atoms with E-state index in [4.69, 9.17) is 9.97 Å². The molecule has 2 aromatic heterocycles. The molecular weight excluding hydrogens is 661 g/mol. The molecule has 0 spiro atoms. The van der Waals surface area contributed by atoms with Gasteiger partial charge in [0.25, 0.3) is 0 Å². The summed E-state index contributed by atoms with van der Waals surface area (Å²) < 4.78 is 2.62. The summed E-state index contributed by atoms with van der Waals surface area (Å²) >= 11 is 1.88. The van der Waals surface area contributed by atoms with Crippen molar-refractivity contribution in [1.82, 2.24) is 9.97 Å². The van der Waals surface area contributed by atoms with E-state index in [0.717, 1.165) is 44.8 Å². The molecule has 0 aliphatic carbocycles. The molecule has 0 aliphatic heterocycles. The summed E-state index contributed by atoms with van der Waals surface area (Å²) in [5, 5.41) is 5.11. The molecule has 3 heteroatoms. The van der Waals surface area contributed by atoms with Crippen LogP contribution in [-0.2, 0) is 0 Å².